The van der Waals surface area contributed by atoms with Crippen molar-refractivity contribution in [1.82, 2.24) is 4.98 Å². The van der Waals surface area contributed by atoms with Gasteiger partial charge in [0.05, 0.1) is 5.56 Å². The lowest BCUT2D eigenvalue weighted by molar-refractivity contribution is 0.106. The SMILES string of the molecule is Cc1nc(Br)cc(C(=O)Cl)c1C(F)F. The zero-order valence-electron chi connectivity index (χ0n) is 7.02. The van der Waals surface area contributed by atoms with Crippen LogP contribution in [0.2, 0.25) is 0 Å². The fraction of sp³-hybridized carbons (Fsp3) is 0.250. The van der Waals surface area contributed by atoms with Gasteiger partial charge in [0.25, 0.3) is 11.7 Å². The van der Waals surface area contributed by atoms with Crippen molar-refractivity contribution < 1.29 is 13.6 Å². The number of aryl methyl sites for hydroxylation is 1. The summed E-state index contributed by atoms with van der Waals surface area (Å²) in [7, 11) is 0. The molecule has 0 aliphatic rings. The predicted octanol–water partition coefficient (Wildman–Crippen LogP) is 3.47. The molecule has 0 fully saturated rings. The number of alkyl halides is 2. The highest BCUT2D eigenvalue weighted by Gasteiger charge is 2.21. The van der Waals surface area contributed by atoms with E-state index < -0.39 is 17.2 Å². The standard InChI is InChI=1S/C8H5BrClF2NO/c1-3-6(8(11)12)4(7(10)14)2-5(9)13-3/h2,8H,1H3. The molecule has 0 bridgehead atoms. The average Bonchev–Trinajstić information content (AvgIpc) is 2.01. The summed E-state index contributed by atoms with van der Waals surface area (Å²) in [5.74, 6) is 0. The van der Waals surface area contributed by atoms with Crippen LogP contribution in [-0.2, 0) is 0 Å². The molecular weight excluding hydrogens is 279 g/mol. The first-order valence-electron chi connectivity index (χ1n) is 3.58. The Morgan fingerprint density at radius 3 is 2.64 bits per heavy atom. The minimum atomic E-state index is -2.76. The summed E-state index contributed by atoms with van der Waals surface area (Å²) in [6.07, 6.45) is -2.76. The second-order valence-electron chi connectivity index (χ2n) is 2.57. The molecule has 6 heteroatoms. The third kappa shape index (κ3) is 2.27. The van der Waals surface area contributed by atoms with E-state index in [0.717, 1.165) is 0 Å². The van der Waals surface area contributed by atoms with Crippen molar-refractivity contribution in [3.05, 3.63) is 27.5 Å². The number of pyridine rings is 1. The van der Waals surface area contributed by atoms with E-state index in [-0.39, 0.29) is 11.3 Å². The van der Waals surface area contributed by atoms with Gasteiger partial charge < -0.3 is 0 Å². The quantitative estimate of drug-likeness (QED) is 0.615. The Balaban J connectivity index is 3.44. The van der Waals surface area contributed by atoms with Crippen LogP contribution >= 0.6 is 27.5 Å². The number of hydrogen-bond acceptors (Lipinski definition) is 2. The van der Waals surface area contributed by atoms with E-state index in [0.29, 0.717) is 4.60 Å². The zero-order chi connectivity index (χ0) is 10.9. The molecule has 0 aromatic carbocycles. The van der Waals surface area contributed by atoms with E-state index in [1.165, 1.54) is 13.0 Å². The minimum absolute atomic E-state index is 0.0957. The highest BCUT2D eigenvalue weighted by atomic mass is 79.9. The number of aromatic nitrogens is 1. The van der Waals surface area contributed by atoms with Crippen molar-refractivity contribution in [2.75, 3.05) is 0 Å². The third-order valence-corrected chi connectivity index (χ3v) is 2.26. The summed E-state index contributed by atoms with van der Waals surface area (Å²) in [5.41, 5.74) is -0.521. The van der Waals surface area contributed by atoms with Gasteiger partial charge >= 0.3 is 0 Å². The summed E-state index contributed by atoms with van der Waals surface area (Å²) in [6, 6.07) is 1.18. The minimum Gasteiger partial charge on any atom is -0.276 e. The molecule has 0 saturated heterocycles. The number of rotatable bonds is 2. The predicted molar refractivity (Wildman–Crippen MR) is 51.8 cm³/mol. The Kier molecular flexibility index (Phi) is 3.55. The van der Waals surface area contributed by atoms with Crippen LogP contribution in [-0.4, -0.2) is 10.2 Å². The highest BCUT2D eigenvalue weighted by molar-refractivity contribution is 9.10. The highest BCUT2D eigenvalue weighted by Crippen LogP contribution is 2.28. The molecule has 1 aromatic rings. The summed E-state index contributed by atoms with van der Waals surface area (Å²) < 4.78 is 25.3. The van der Waals surface area contributed by atoms with Crippen molar-refractivity contribution >= 4 is 32.8 Å². The summed E-state index contributed by atoms with van der Waals surface area (Å²) >= 11 is 8.17. The van der Waals surface area contributed by atoms with Gasteiger partial charge in [-0.3, -0.25) is 4.79 Å². The molecule has 0 unspecified atom stereocenters. The average molecular weight is 284 g/mol. The van der Waals surface area contributed by atoms with Gasteiger partial charge in [0.1, 0.15) is 4.60 Å². The molecule has 0 aliphatic carbocycles. The topological polar surface area (TPSA) is 30.0 Å². The van der Waals surface area contributed by atoms with Gasteiger partial charge in [-0.2, -0.15) is 0 Å². The third-order valence-electron chi connectivity index (χ3n) is 1.65. The molecule has 0 aliphatic heterocycles. The van der Waals surface area contributed by atoms with Gasteiger partial charge in [0, 0.05) is 11.3 Å². The molecule has 1 heterocycles. The molecule has 14 heavy (non-hydrogen) atoms. The maximum Gasteiger partial charge on any atom is 0.266 e. The Labute approximate surface area is 92.4 Å². The fourth-order valence-corrected chi connectivity index (χ4v) is 1.73. The molecule has 2 nitrogen and oxygen atoms in total. The van der Waals surface area contributed by atoms with Crippen molar-refractivity contribution in [1.29, 1.82) is 0 Å². The van der Waals surface area contributed by atoms with Gasteiger partial charge in [-0.05, 0) is 40.5 Å². The molecule has 1 rings (SSSR count). The first kappa shape index (κ1) is 11.5. The number of carbonyl (C=O) groups is 1. The van der Waals surface area contributed by atoms with E-state index in [1.54, 1.807) is 0 Å². The lowest BCUT2D eigenvalue weighted by Crippen LogP contribution is -2.03. The second-order valence-corrected chi connectivity index (χ2v) is 3.72. The van der Waals surface area contributed by atoms with Crippen LogP contribution in [0, 0.1) is 6.92 Å². The maximum atomic E-state index is 12.5. The molecule has 0 saturated carbocycles. The van der Waals surface area contributed by atoms with Gasteiger partial charge in [-0.1, -0.05) is 0 Å². The maximum absolute atomic E-state index is 12.5. The molecular formula is C8H5BrClF2NO. The number of halogens is 4. The van der Waals surface area contributed by atoms with Crippen molar-refractivity contribution in [3.63, 3.8) is 0 Å². The van der Waals surface area contributed by atoms with E-state index in [9.17, 15) is 13.6 Å². The Morgan fingerprint density at radius 1 is 1.64 bits per heavy atom. The first-order chi connectivity index (χ1) is 6.43. The van der Waals surface area contributed by atoms with Crippen LogP contribution in [0.1, 0.15) is 28.0 Å². The second kappa shape index (κ2) is 4.31. The monoisotopic (exact) mass is 283 g/mol. The van der Waals surface area contributed by atoms with Crippen molar-refractivity contribution in [2.45, 2.75) is 13.3 Å². The number of hydrogen-bond donors (Lipinski definition) is 0. The lowest BCUT2D eigenvalue weighted by Gasteiger charge is -2.08. The van der Waals surface area contributed by atoms with Gasteiger partial charge in [0.2, 0.25) is 0 Å². The first-order valence-corrected chi connectivity index (χ1v) is 4.75. The Hall–Kier alpha value is -0.550. The molecule has 0 amide bonds. The zero-order valence-corrected chi connectivity index (χ0v) is 9.36. The van der Waals surface area contributed by atoms with Crippen LogP contribution in [0.15, 0.2) is 10.7 Å². The Bertz CT molecular complexity index is 384. The Morgan fingerprint density at radius 2 is 2.21 bits per heavy atom. The van der Waals surface area contributed by atoms with Crippen LogP contribution in [0.25, 0.3) is 0 Å². The van der Waals surface area contributed by atoms with Crippen LogP contribution < -0.4 is 0 Å². The summed E-state index contributed by atoms with van der Waals surface area (Å²) in [4.78, 5) is 14.6. The normalized spacial score (nSPS) is 10.7. The fourth-order valence-electron chi connectivity index (χ4n) is 1.08. The van der Waals surface area contributed by atoms with E-state index in [2.05, 4.69) is 20.9 Å². The van der Waals surface area contributed by atoms with E-state index in [1.807, 2.05) is 0 Å². The van der Waals surface area contributed by atoms with Crippen molar-refractivity contribution in [3.8, 4) is 0 Å². The largest absolute Gasteiger partial charge is 0.276 e. The molecule has 1 aromatic heterocycles. The van der Waals surface area contributed by atoms with Crippen LogP contribution in [0.4, 0.5) is 8.78 Å². The lowest BCUT2D eigenvalue weighted by atomic mass is 10.1. The molecule has 0 atom stereocenters. The van der Waals surface area contributed by atoms with Gasteiger partial charge in [0.15, 0.2) is 0 Å². The van der Waals surface area contributed by atoms with Crippen molar-refractivity contribution in [2.24, 2.45) is 0 Å². The summed E-state index contributed by atoms with van der Waals surface area (Å²) in [5, 5.41) is -0.911. The van der Waals surface area contributed by atoms with Crippen LogP contribution in [0.5, 0.6) is 0 Å². The molecule has 0 N–H and O–H groups in total. The van der Waals surface area contributed by atoms with Crippen LogP contribution in [0.3, 0.4) is 0 Å². The van der Waals surface area contributed by atoms with E-state index in [4.69, 9.17) is 11.6 Å². The van der Waals surface area contributed by atoms with Gasteiger partial charge in [-0.15, -0.1) is 0 Å². The number of carbonyl (C=O) groups excluding carboxylic acids is 1. The smallest absolute Gasteiger partial charge is 0.266 e. The molecule has 0 radical (unpaired) electrons. The molecule has 0 spiro atoms. The molecule has 76 valence electrons. The summed E-state index contributed by atoms with van der Waals surface area (Å²) in [6.45, 7) is 1.40. The van der Waals surface area contributed by atoms with E-state index >= 15 is 0 Å². The van der Waals surface area contributed by atoms with Gasteiger partial charge in [-0.25, -0.2) is 13.8 Å². The number of nitrogens with zero attached hydrogens (tertiary/aromatic N) is 1.